The molecule has 184 valence electrons. The summed E-state index contributed by atoms with van der Waals surface area (Å²) in [5.41, 5.74) is 3.45. The number of thiazole rings is 1. The number of carbonyl (C=O) groups is 1. The van der Waals surface area contributed by atoms with E-state index in [4.69, 9.17) is 37.7 Å². The van der Waals surface area contributed by atoms with Gasteiger partial charge in [0.05, 0.1) is 19.9 Å². The van der Waals surface area contributed by atoms with Crippen molar-refractivity contribution in [2.75, 3.05) is 19.5 Å². The predicted molar refractivity (Wildman–Crippen MR) is 148 cm³/mol. The number of aromatic nitrogens is 1. The van der Waals surface area contributed by atoms with Crippen molar-refractivity contribution < 1.29 is 18.7 Å². The van der Waals surface area contributed by atoms with Crippen LogP contribution in [0.3, 0.4) is 0 Å². The average Bonchev–Trinajstić information content (AvgIpc) is 3.54. The number of methoxy groups -OCH3 is 2. The van der Waals surface area contributed by atoms with Crippen LogP contribution in [0.15, 0.2) is 64.4 Å². The monoisotopic (exact) mass is 539 g/mol. The maximum atomic E-state index is 12.3. The first-order valence-corrected chi connectivity index (χ1v) is 12.4. The fourth-order valence-corrected chi connectivity index (χ4v) is 4.41. The van der Waals surface area contributed by atoms with Crippen molar-refractivity contribution in [2.24, 2.45) is 0 Å². The van der Waals surface area contributed by atoms with Crippen molar-refractivity contribution in [1.82, 2.24) is 10.3 Å². The average molecular weight is 540 g/mol. The highest BCUT2D eigenvalue weighted by Crippen LogP contribution is 2.33. The van der Waals surface area contributed by atoms with Crippen molar-refractivity contribution in [2.45, 2.75) is 6.92 Å². The van der Waals surface area contributed by atoms with Gasteiger partial charge in [0, 0.05) is 27.6 Å². The van der Waals surface area contributed by atoms with Gasteiger partial charge in [-0.2, -0.15) is 0 Å². The zero-order valence-electron chi connectivity index (χ0n) is 19.6. The molecule has 2 aromatic heterocycles. The molecule has 0 spiro atoms. The number of benzene rings is 2. The predicted octanol–water partition coefficient (Wildman–Crippen LogP) is 6.58. The summed E-state index contributed by atoms with van der Waals surface area (Å²) in [7, 11) is 3.16. The third-order valence-electron chi connectivity index (χ3n) is 5.12. The summed E-state index contributed by atoms with van der Waals surface area (Å²) in [6, 6.07) is 14.8. The van der Waals surface area contributed by atoms with Crippen molar-refractivity contribution in [3.8, 4) is 34.1 Å². The molecule has 4 aromatic rings. The quantitative estimate of drug-likeness (QED) is 0.203. The largest absolute Gasteiger partial charge is 0.493 e. The molecule has 0 saturated carbocycles. The highest BCUT2D eigenvalue weighted by Gasteiger charge is 2.11. The summed E-state index contributed by atoms with van der Waals surface area (Å²) in [6.07, 6.45) is 2.91. The maximum Gasteiger partial charge on any atom is 0.250 e. The van der Waals surface area contributed by atoms with E-state index in [0.29, 0.717) is 33.2 Å². The molecule has 0 saturated heterocycles. The van der Waals surface area contributed by atoms with Crippen LogP contribution in [0.5, 0.6) is 11.5 Å². The molecule has 4 rings (SSSR count). The van der Waals surface area contributed by atoms with Gasteiger partial charge in [-0.25, -0.2) is 4.98 Å². The highest BCUT2D eigenvalue weighted by atomic mass is 35.5. The normalized spacial score (nSPS) is 10.9. The van der Waals surface area contributed by atoms with Crippen LogP contribution < -0.4 is 20.1 Å². The lowest BCUT2D eigenvalue weighted by atomic mass is 10.1. The highest BCUT2D eigenvalue weighted by molar-refractivity contribution is 7.80. The second-order valence-electron chi connectivity index (χ2n) is 7.55. The topological polar surface area (TPSA) is 85.6 Å². The lowest BCUT2D eigenvalue weighted by Crippen LogP contribution is -2.32. The summed E-state index contributed by atoms with van der Waals surface area (Å²) in [5.74, 6) is 2.02. The van der Waals surface area contributed by atoms with Gasteiger partial charge < -0.3 is 19.2 Å². The van der Waals surface area contributed by atoms with Gasteiger partial charge in [0.15, 0.2) is 21.7 Å². The first kappa shape index (κ1) is 25.4. The van der Waals surface area contributed by atoms with E-state index in [1.54, 1.807) is 26.4 Å². The molecule has 1 amide bonds. The molecule has 10 heteroatoms. The number of rotatable bonds is 7. The Morgan fingerprint density at radius 3 is 2.61 bits per heavy atom. The van der Waals surface area contributed by atoms with E-state index in [1.165, 1.54) is 17.4 Å². The Bertz CT molecular complexity index is 1440. The number of ether oxygens (including phenoxy) is 2. The number of aryl methyl sites for hydroxylation is 1. The molecule has 2 heterocycles. The summed E-state index contributed by atoms with van der Waals surface area (Å²) in [6.45, 7) is 1.94. The van der Waals surface area contributed by atoms with Gasteiger partial charge in [0.1, 0.15) is 11.5 Å². The zero-order chi connectivity index (χ0) is 25.7. The molecule has 0 aliphatic heterocycles. The van der Waals surface area contributed by atoms with Crippen molar-refractivity contribution >= 4 is 57.4 Å². The van der Waals surface area contributed by atoms with E-state index in [2.05, 4.69) is 15.6 Å². The molecule has 0 radical (unpaired) electrons. The third-order valence-corrected chi connectivity index (χ3v) is 6.49. The minimum Gasteiger partial charge on any atom is -0.493 e. The van der Waals surface area contributed by atoms with E-state index in [0.717, 1.165) is 22.4 Å². The first-order valence-electron chi connectivity index (χ1n) is 10.7. The van der Waals surface area contributed by atoms with Crippen molar-refractivity contribution in [3.63, 3.8) is 0 Å². The lowest BCUT2D eigenvalue weighted by molar-refractivity contribution is -0.115. The van der Waals surface area contributed by atoms with Crippen LogP contribution in [0.25, 0.3) is 28.7 Å². The molecule has 0 bridgehead atoms. The Balaban J connectivity index is 1.34. The Morgan fingerprint density at radius 2 is 1.86 bits per heavy atom. The standard InChI is InChI=1S/C26H22ClN3O4S2/c1-15-4-5-17(12-19(15)27)21-10-7-18(34-21)8-11-24(31)29-25(35)30-26-28-20(14-36-26)16-6-9-22(32-2)23(13-16)33-3/h4-14H,1-3H3,(H2,28,29,30,31,35)/b11-8+. The van der Waals surface area contributed by atoms with E-state index >= 15 is 0 Å². The first-order chi connectivity index (χ1) is 17.4. The van der Waals surface area contributed by atoms with E-state index in [1.807, 2.05) is 54.8 Å². The molecular weight excluding hydrogens is 518 g/mol. The SMILES string of the molecule is COc1ccc(-c2csc(NC(=S)NC(=O)/C=C/c3ccc(-c4ccc(C)c(Cl)c4)o3)n2)cc1OC. The van der Waals surface area contributed by atoms with Crippen molar-refractivity contribution in [1.29, 1.82) is 0 Å². The van der Waals surface area contributed by atoms with Crippen LogP contribution in [0.1, 0.15) is 11.3 Å². The van der Waals surface area contributed by atoms with Crippen LogP contribution in [0.4, 0.5) is 5.13 Å². The van der Waals surface area contributed by atoms with Gasteiger partial charge in [-0.3, -0.25) is 10.1 Å². The molecule has 2 aromatic carbocycles. The van der Waals surface area contributed by atoms with Gasteiger partial charge in [0.2, 0.25) is 5.91 Å². The van der Waals surface area contributed by atoms with Gasteiger partial charge in [-0.05, 0) is 67.2 Å². The Labute approximate surface area is 222 Å². The minimum absolute atomic E-state index is 0.132. The number of halogens is 1. The Morgan fingerprint density at radius 1 is 1.08 bits per heavy atom. The zero-order valence-corrected chi connectivity index (χ0v) is 22.0. The number of carbonyl (C=O) groups excluding carboxylic acids is 1. The van der Waals surface area contributed by atoms with Gasteiger partial charge in [0.25, 0.3) is 0 Å². The van der Waals surface area contributed by atoms with Crippen LogP contribution >= 0.6 is 35.2 Å². The minimum atomic E-state index is -0.402. The van der Waals surface area contributed by atoms with E-state index < -0.39 is 5.91 Å². The van der Waals surface area contributed by atoms with Gasteiger partial charge in [-0.1, -0.05) is 23.7 Å². The third kappa shape index (κ3) is 6.12. The molecule has 2 N–H and O–H groups in total. The Hall–Kier alpha value is -3.66. The lowest BCUT2D eigenvalue weighted by Gasteiger charge is -2.08. The second-order valence-corrected chi connectivity index (χ2v) is 9.22. The second kappa shape index (κ2) is 11.4. The number of furan rings is 1. The van der Waals surface area contributed by atoms with Crippen LogP contribution in [-0.2, 0) is 4.79 Å². The molecule has 36 heavy (non-hydrogen) atoms. The Kier molecular flexibility index (Phi) is 8.04. The van der Waals surface area contributed by atoms with Crippen LogP contribution in [0, 0.1) is 6.92 Å². The number of hydrogen-bond donors (Lipinski definition) is 2. The number of anilines is 1. The fourth-order valence-electron chi connectivity index (χ4n) is 3.24. The summed E-state index contributed by atoms with van der Waals surface area (Å²) >= 11 is 12.8. The summed E-state index contributed by atoms with van der Waals surface area (Å²) < 4.78 is 16.4. The fraction of sp³-hybridized carbons (Fsp3) is 0.115. The van der Waals surface area contributed by atoms with Crippen molar-refractivity contribution in [3.05, 3.63) is 76.3 Å². The number of thiocarbonyl (C=S) groups is 1. The van der Waals surface area contributed by atoms with Gasteiger partial charge in [-0.15, -0.1) is 11.3 Å². The maximum absolute atomic E-state index is 12.3. The molecule has 0 aliphatic rings. The molecule has 0 aliphatic carbocycles. The molecule has 7 nitrogen and oxygen atoms in total. The van der Waals surface area contributed by atoms with Crippen LogP contribution in [0.2, 0.25) is 5.02 Å². The number of hydrogen-bond acceptors (Lipinski definition) is 7. The smallest absolute Gasteiger partial charge is 0.250 e. The molecule has 0 fully saturated rings. The van der Waals surface area contributed by atoms with Gasteiger partial charge >= 0.3 is 0 Å². The molecule has 0 atom stereocenters. The van der Waals surface area contributed by atoms with Crippen LogP contribution in [-0.4, -0.2) is 30.2 Å². The van der Waals surface area contributed by atoms with E-state index in [-0.39, 0.29) is 5.11 Å². The molecule has 0 unspecified atom stereocenters. The summed E-state index contributed by atoms with van der Waals surface area (Å²) in [4.78, 5) is 16.8. The number of nitrogens with zero attached hydrogens (tertiary/aromatic N) is 1. The number of nitrogens with one attached hydrogen (secondary N) is 2. The summed E-state index contributed by atoms with van der Waals surface area (Å²) in [5, 5.41) is 8.75. The molecular formula is C26H22ClN3O4S2. The van der Waals surface area contributed by atoms with E-state index in [9.17, 15) is 4.79 Å². The number of amides is 1.